The lowest BCUT2D eigenvalue weighted by Gasteiger charge is -1.91. The second-order valence-corrected chi connectivity index (χ2v) is 4.65. The van der Waals surface area contributed by atoms with Crippen LogP contribution in [0.5, 0.6) is 0 Å². The van der Waals surface area contributed by atoms with Gasteiger partial charge in [-0.05, 0) is 22.0 Å². The summed E-state index contributed by atoms with van der Waals surface area (Å²) in [5, 5.41) is 17.4. The number of hydrogen-bond donors (Lipinski definition) is 2. The van der Waals surface area contributed by atoms with Gasteiger partial charge in [0.15, 0.2) is 0 Å². The summed E-state index contributed by atoms with van der Waals surface area (Å²) in [6, 6.07) is 1.51. The first-order valence-corrected chi connectivity index (χ1v) is 4.41. The first-order valence-electron chi connectivity index (χ1n) is 2.42. The van der Waals surface area contributed by atoms with Crippen molar-refractivity contribution in [3.05, 3.63) is 14.2 Å². The van der Waals surface area contributed by atoms with Crippen molar-refractivity contribution in [2.24, 2.45) is 0 Å². The van der Waals surface area contributed by atoms with Crippen molar-refractivity contribution in [2.45, 2.75) is 0 Å². The summed E-state index contributed by atoms with van der Waals surface area (Å²) in [4.78, 5) is 0. The van der Waals surface area contributed by atoms with E-state index in [1.165, 1.54) is 17.4 Å². The molecule has 6 heteroatoms. The van der Waals surface area contributed by atoms with Gasteiger partial charge in [-0.3, -0.25) is 0 Å². The first kappa shape index (κ1) is 8.55. The standard InChI is InChI=1S/C4H3BBrClO2S/c6-4-2(5(8)9)1-3(7)10-4/h1,8-9H. The number of thiophene rings is 1. The molecular formula is C4H3BBrClO2S. The average molecular weight is 241 g/mol. The van der Waals surface area contributed by atoms with Crippen LogP contribution in [0.2, 0.25) is 4.34 Å². The van der Waals surface area contributed by atoms with Crippen molar-refractivity contribution < 1.29 is 10.0 Å². The lowest BCUT2D eigenvalue weighted by Crippen LogP contribution is -2.29. The van der Waals surface area contributed by atoms with Gasteiger partial charge >= 0.3 is 7.12 Å². The normalized spacial score (nSPS) is 10.0. The molecule has 0 aromatic carbocycles. The fourth-order valence-electron chi connectivity index (χ4n) is 0.529. The highest BCUT2D eigenvalue weighted by Gasteiger charge is 2.17. The molecule has 0 saturated carbocycles. The van der Waals surface area contributed by atoms with E-state index in [4.69, 9.17) is 21.6 Å². The summed E-state index contributed by atoms with van der Waals surface area (Å²) in [5.74, 6) is 0. The minimum Gasteiger partial charge on any atom is -0.423 e. The Hall–Kier alpha value is 0.455. The molecule has 10 heavy (non-hydrogen) atoms. The van der Waals surface area contributed by atoms with Gasteiger partial charge in [0.1, 0.15) is 0 Å². The molecule has 0 atom stereocenters. The number of halogens is 2. The second-order valence-electron chi connectivity index (χ2n) is 1.65. The zero-order valence-electron chi connectivity index (χ0n) is 4.71. The highest BCUT2D eigenvalue weighted by Crippen LogP contribution is 2.24. The van der Waals surface area contributed by atoms with Gasteiger partial charge in [0.2, 0.25) is 0 Å². The molecule has 0 aliphatic heterocycles. The first-order chi connectivity index (χ1) is 4.61. The molecule has 1 heterocycles. The summed E-state index contributed by atoms with van der Waals surface area (Å²) >= 11 is 9.97. The molecular weight excluding hydrogens is 238 g/mol. The van der Waals surface area contributed by atoms with Crippen molar-refractivity contribution in [1.29, 1.82) is 0 Å². The third-order valence-electron chi connectivity index (χ3n) is 0.961. The average Bonchev–Trinajstić information content (AvgIpc) is 2.10. The van der Waals surface area contributed by atoms with Crippen molar-refractivity contribution in [1.82, 2.24) is 0 Å². The van der Waals surface area contributed by atoms with E-state index in [0.29, 0.717) is 13.6 Å². The van der Waals surface area contributed by atoms with Gasteiger partial charge in [-0.1, -0.05) is 11.6 Å². The van der Waals surface area contributed by atoms with Crippen LogP contribution in [0.1, 0.15) is 0 Å². The molecule has 2 nitrogen and oxygen atoms in total. The van der Waals surface area contributed by atoms with Crippen molar-refractivity contribution in [3.8, 4) is 0 Å². The molecule has 1 aromatic heterocycles. The van der Waals surface area contributed by atoms with E-state index in [9.17, 15) is 0 Å². The topological polar surface area (TPSA) is 40.5 Å². The molecule has 0 unspecified atom stereocenters. The Morgan fingerprint density at radius 3 is 2.40 bits per heavy atom. The second kappa shape index (κ2) is 3.23. The molecule has 0 bridgehead atoms. The molecule has 0 aliphatic rings. The minimum absolute atomic E-state index is 0.412. The van der Waals surface area contributed by atoms with Crippen LogP contribution in [0.25, 0.3) is 0 Å². The molecule has 0 fully saturated rings. The van der Waals surface area contributed by atoms with E-state index in [1.54, 1.807) is 0 Å². The van der Waals surface area contributed by atoms with Gasteiger partial charge in [-0.15, -0.1) is 11.3 Å². The predicted octanol–water partition coefficient (Wildman–Crippen LogP) is 0.844. The summed E-state index contributed by atoms with van der Waals surface area (Å²) in [6.45, 7) is 0. The van der Waals surface area contributed by atoms with Crippen LogP contribution in [-0.4, -0.2) is 17.2 Å². The van der Waals surface area contributed by atoms with Crippen LogP contribution >= 0.6 is 38.9 Å². The summed E-state index contributed by atoms with van der Waals surface area (Å²) in [7, 11) is -1.45. The predicted molar refractivity (Wildman–Crippen MR) is 46.9 cm³/mol. The van der Waals surface area contributed by atoms with Crippen molar-refractivity contribution in [2.75, 3.05) is 0 Å². The van der Waals surface area contributed by atoms with E-state index < -0.39 is 7.12 Å². The molecule has 0 spiro atoms. The molecule has 0 saturated heterocycles. The van der Waals surface area contributed by atoms with E-state index >= 15 is 0 Å². The van der Waals surface area contributed by atoms with Crippen LogP contribution in [0.3, 0.4) is 0 Å². The Morgan fingerprint density at radius 1 is 1.60 bits per heavy atom. The minimum atomic E-state index is -1.45. The third kappa shape index (κ3) is 1.74. The van der Waals surface area contributed by atoms with Gasteiger partial charge in [0.05, 0.1) is 8.12 Å². The van der Waals surface area contributed by atoms with Gasteiger partial charge < -0.3 is 10.0 Å². The summed E-state index contributed by atoms with van der Waals surface area (Å²) in [6.07, 6.45) is 0. The van der Waals surface area contributed by atoms with Gasteiger partial charge in [0.25, 0.3) is 0 Å². The van der Waals surface area contributed by atoms with Crippen molar-refractivity contribution >= 4 is 51.4 Å². The smallest absolute Gasteiger partial charge is 0.423 e. The fourth-order valence-corrected chi connectivity index (χ4v) is 2.64. The van der Waals surface area contributed by atoms with Crippen LogP contribution in [-0.2, 0) is 0 Å². The van der Waals surface area contributed by atoms with Gasteiger partial charge in [0, 0.05) is 5.46 Å². The molecule has 2 N–H and O–H groups in total. The van der Waals surface area contributed by atoms with E-state index in [-0.39, 0.29) is 0 Å². The highest BCUT2D eigenvalue weighted by atomic mass is 79.9. The quantitative estimate of drug-likeness (QED) is 0.715. The fraction of sp³-hybridized carbons (Fsp3) is 0. The van der Waals surface area contributed by atoms with Crippen LogP contribution in [0, 0.1) is 0 Å². The Bertz CT molecular complexity index is 239. The Labute approximate surface area is 75.7 Å². The SMILES string of the molecule is OB(O)c1cc(Cl)sc1Br. The zero-order valence-corrected chi connectivity index (χ0v) is 7.87. The molecule has 0 amide bonds. The maximum absolute atomic E-state index is 8.69. The molecule has 54 valence electrons. The number of hydrogen-bond acceptors (Lipinski definition) is 3. The highest BCUT2D eigenvalue weighted by molar-refractivity contribution is 9.11. The van der Waals surface area contributed by atoms with Gasteiger partial charge in [-0.2, -0.15) is 0 Å². The van der Waals surface area contributed by atoms with Crippen LogP contribution < -0.4 is 5.46 Å². The Morgan fingerprint density at radius 2 is 2.20 bits per heavy atom. The van der Waals surface area contributed by atoms with Crippen molar-refractivity contribution in [3.63, 3.8) is 0 Å². The van der Waals surface area contributed by atoms with E-state index in [2.05, 4.69) is 15.9 Å². The maximum atomic E-state index is 8.69. The zero-order chi connectivity index (χ0) is 7.72. The Balaban J connectivity index is 3.03. The third-order valence-corrected chi connectivity index (χ3v) is 2.97. The Kier molecular flexibility index (Phi) is 2.77. The van der Waals surface area contributed by atoms with Crippen LogP contribution in [0.4, 0.5) is 0 Å². The monoisotopic (exact) mass is 240 g/mol. The maximum Gasteiger partial charge on any atom is 0.490 e. The molecule has 1 aromatic rings. The molecule has 0 aliphatic carbocycles. The molecule has 0 radical (unpaired) electrons. The number of rotatable bonds is 1. The summed E-state index contributed by atoms with van der Waals surface area (Å²) < 4.78 is 1.20. The molecule has 1 rings (SSSR count). The lowest BCUT2D eigenvalue weighted by atomic mass is 9.83. The lowest BCUT2D eigenvalue weighted by molar-refractivity contribution is 0.426. The van der Waals surface area contributed by atoms with Crippen LogP contribution in [0.15, 0.2) is 9.85 Å². The van der Waals surface area contributed by atoms with E-state index in [0.717, 1.165) is 0 Å². The van der Waals surface area contributed by atoms with E-state index in [1.807, 2.05) is 0 Å². The summed E-state index contributed by atoms with van der Waals surface area (Å²) in [5.41, 5.74) is 0.412. The van der Waals surface area contributed by atoms with Gasteiger partial charge in [-0.25, -0.2) is 0 Å². The largest absolute Gasteiger partial charge is 0.490 e.